The molecular formula is C17H17ClFN3O2S2. The van der Waals surface area contributed by atoms with E-state index in [1.165, 1.54) is 23.5 Å². The highest BCUT2D eigenvalue weighted by Gasteiger charge is 2.24. The number of thiazole rings is 1. The van der Waals surface area contributed by atoms with E-state index in [-0.39, 0.29) is 15.6 Å². The number of anilines is 1. The molecule has 0 aliphatic carbocycles. The highest BCUT2D eigenvalue weighted by Crippen LogP contribution is 2.32. The second-order valence-electron chi connectivity index (χ2n) is 5.93. The normalized spacial score (nSPS) is 11.8. The molecule has 3 rings (SSSR count). The third-order valence-electron chi connectivity index (χ3n) is 4.20. The van der Waals surface area contributed by atoms with Crippen LogP contribution in [0.4, 0.5) is 10.1 Å². The van der Waals surface area contributed by atoms with Gasteiger partial charge in [-0.05, 0) is 45.0 Å². The summed E-state index contributed by atoms with van der Waals surface area (Å²) in [5.41, 5.74) is 2.42. The van der Waals surface area contributed by atoms with Crippen molar-refractivity contribution in [2.24, 2.45) is 7.05 Å². The number of nitrogens with zero attached hydrogens (tertiary/aromatic N) is 2. The Labute approximate surface area is 160 Å². The average Bonchev–Trinajstić information content (AvgIpc) is 3.04. The van der Waals surface area contributed by atoms with Gasteiger partial charge in [-0.2, -0.15) is 0 Å². The van der Waals surface area contributed by atoms with Crippen molar-refractivity contribution in [2.75, 3.05) is 4.72 Å². The summed E-state index contributed by atoms with van der Waals surface area (Å²) in [6, 6.07) is 5.28. The number of halogens is 2. The van der Waals surface area contributed by atoms with Gasteiger partial charge in [-0.25, -0.2) is 17.8 Å². The van der Waals surface area contributed by atoms with Crippen molar-refractivity contribution in [3.63, 3.8) is 0 Å². The van der Waals surface area contributed by atoms with Crippen molar-refractivity contribution in [3.05, 3.63) is 51.4 Å². The van der Waals surface area contributed by atoms with E-state index in [1.807, 2.05) is 13.8 Å². The fraction of sp³-hybridized carbons (Fsp3) is 0.235. The molecule has 0 spiro atoms. The van der Waals surface area contributed by atoms with Crippen LogP contribution in [-0.4, -0.2) is 18.0 Å². The van der Waals surface area contributed by atoms with Crippen LogP contribution in [0.15, 0.2) is 29.2 Å². The summed E-state index contributed by atoms with van der Waals surface area (Å²) in [5.74, 6) is -0.609. The zero-order valence-corrected chi connectivity index (χ0v) is 17.0. The standard InChI is InChI=1S/C17H17ClFN3O2S2/c1-9-11(3)25-17(20-9)15-8-16(10(2)22(15)4)26(23,24)21-12-5-6-14(19)13(18)7-12/h5-8,21H,1-4H3. The number of benzene rings is 1. The molecular weight excluding hydrogens is 397 g/mol. The molecule has 0 radical (unpaired) electrons. The van der Waals surface area contributed by atoms with Crippen LogP contribution in [0.25, 0.3) is 10.7 Å². The van der Waals surface area contributed by atoms with Crippen LogP contribution in [-0.2, 0) is 17.1 Å². The Balaban J connectivity index is 2.02. The van der Waals surface area contributed by atoms with Gasteiger partial charge in [0.2, 0.25) is 0 Å². The van der Waals surface area contributed by atoms with Gasteiger partial charge in [-0.1, -0.05) is 11.6 Å². The third kappa shape index (κ3) is 3.36. The van der Waals surface area contributed by atoms with Crippen LogP contribution >= 0.6 is 22.9 Å². The number of sulfonamides is 1. The lowest BCUT2D eigenvalue weighted by Crippen LogP contribution is -2.14. The Kier molecular flexibility index (Phi) is 4.85. The first-order valence-electron chi connectivity index (χ1n) is 7.68. The van der Waals surface area contributed by atoms with Crippen molar-refractivity contribution in [1.29, 1.82) is 0 Å². The highest BCUT2D eigenvalue weighted by molar-refractivity contribution is 7.92. The molecule has 0 aliphatic rings. The topological polar surface area (TPSA) is 64.0 Å². The minimum atomic E-state index is -3.86. The molecule has 0 saturated heterocycles. The molecule has 138 valence electrons. The summed E-state index contributed by atoms with van der Waals surface area (Å²) in [6.07, 6.45) is 0. The van der Waals surface area contributed by atoms with E-state index in [0.717, 1.165) is 27.3 Å². The zero-order chi connectivity index (χ0) is 19.2. The van der Waals surface area contributed by atoms with Crippen molar-refractivity contribution >= 4 is 38.6 Å². The lowest BCUT2D eigenvalue weighted by atomic mass is 10.3. The van der Waals surface area contributed by atoms with Gasteiger partial charge in [0, 0.05) is 17.6 Å². The molecule has 0 amide bonds. The zero-order valence-electron chi connectivity index (χ0n) is 14.6. The van der Waals surface area contributed by atoms with Crippen LogP contribution in [0.1, 0.15) is 16.3 Å². The van der Waals surface area contributed by atoms with Gasteiger partial charge in [-0.15, -0.1) is 11.3 Å². The van der Waals surface area contributed by atoms with Gasteiger partial charge in [-0.3, -0.25) is 4.72 Å². The first-order valence-corrected chi connectivity index (χ1v) is 10.4. The summed E-state index contributed by atoms with van der Waals surface area (Å²) in [6.45, 7) is 5.62. The minimum absolute atomic E-state index is 0.140. The molecule has 2 heterocycles. The van der Waals surface area contributed by atoms with E-state index in [9.17, 15) is 12.8 Å². The van der Waals surface area contributed by atoms with Crippen LogP contribution in [0.5, 0.6) is 0 Å². The molecule has 0 aliphatic heterocycles. The van der Waals surface area contributed by atoms with E-state index in [1.54, 1.807) is 24.6 Å². The first kappa shape index (κ1) is 18.9. The van der Waals surface area contributed by atoms with Crippen LogP contribution < -0.4 is 4.72 Å². The van der Waals surface area contributed by atoms with Gasteiger partial charge in [0.05, 0.1) is 22.1 Å². The summed E-state index contributed by atoms with van der Waals surface area (Å²) >= 11 is 7.24. The predicted octanol–water partition coefficient (Wildman–Crippen LogP) is 4.67. The van der Waals surface area contributed by atoms with E-state index in [4.69, 9.17) is 11.6 Å². The van der Waals surface area contributed by atoms with Gasteiger partial charge < -0.3 is 4.57 Å². The Morgan fingerprint density at radius 1 is 1.23 bits per heavy atom. The minimum Gasteiger partial charge on any atom is -0.345 e. The van der Waals surface area contributed by atoms with E-state index >= 15 is 0 Å². The van der Waals surface area contributed by atoms with Crippen molar-refractivity contribution in [3.8, 4) is 10.7 Å². The second-order valence-corrected chi connectivity index (χ2v) is 9.19. The van der Waals surface area contributed by atoms with Crippen molar-refractivity contribution < 1.29 is 12.8 Å². The molecule has 2 aromatic heterocycles. The molecule has 9 heteroatoms. The molecule has 0 bridgehead atoms. The molecule has 26 heavy (non-hydrogen) atoms. The van der Waals surface area contributed by atoms with E-state index < -0.39 is 15.8 Å². The number of nitrogens with one attached hydrogen (secondary N) is 1. The monoisotopic (exact) mass is 413 g/mol. The van der Waals surface area contributed by atoms with Crippen LogP contribution in [0, 0.1) is 26.6 Å². The molecule has 5 nitrogen and oxygen atoms in total. The summed E-state index contributed by atoms with van der Waals surface area (Å²) in [7, 11) is -2.07. The molecule has 0 unspecified atom stereocenters. The highest BCUT2D eigenvalue weighted by atomic mass is 35.5. The largest absolute Gasteiger partial charge is 0.345 e. The van der Waals surface area contributed by atoms with E-state index in [0.29, 0.717) is 5.69 Å². The van der Waals surface area contributed by atoms with Gasteiger partial charge in [0.25, 0.3) is 10.0 Å². The SMILES string of the molecule is Cc1nc(-c2cc(S(=O)(=O)Nc3ccc(F)c(Cl)c3)c(C)n2C)sc1C. The number of hydrogen-bond donors (Lipinski definition) is 1. The Morgan fingerprint density at radius 2 is 1.92 bits per heavy atom. The maximum Gasteiger partial charge on any atom is 0.263 e. The lowest BCUT2D eigenvalue weighted by molar-refractivity contribution is 0.600. The Morgan fingerprint density at radius 3 is 2.50 bits per heavy atom. The Bertz CT molecular complexity index is 1080. The molecule has 1 aromatic carbocycles. The second kappa shape index (κ2) is 6.68. The van der Waals surface area contributed by atoms with Gasteiger partial charge in [0.1, 0.15) is 15.7 Å². The maximum absolute atomic E-state index is 13.3. The summed E-state index contributed by atoms with van der Waals surface area (Å²) < 4.78 is 43.1. The van der Waals surface area contributed by atoms with E-state index in [2.05, 4.69) is 9.71 Å². The number of aryl methyl sites for hydroxylation is 2. The number of hydrogen-bond acceptors (Lipinski definition) is 4. The quantitative estimate of drug-likeness (QED) is 0.676. The molecule has 0 fully saturated rings. The molecule has 1 N–H and O–H groups in total. The van der Waals surface area contributed by atoms with Gasteiger partial charge >= 0.3 is 0 Å². The first-order chi connectivity index (χ1) is 12.1. The van der Waals surface area contributed by atoms with Crippen LogP contribution in [0.3, 0.4) is 0 Å². The predicted molar refractivity (Wildman–Crippen MR) is 103 cm³/mol. The van der Waals surface area contributed by atoms with Crippen LogP contribution in [0.2, 0.25) is 5.02 Å². The smallest absolute Gasteiger partial charge is 0.263 e. The Hall–Kier alpha value is -1.90. The average molecular weight is 414 g/mol. The van der Waals surface area contributed by atoms with Crippen molar-refractivity contribution in [2.45, 2.75) is 25.7 Å². The fourth-order valence-corrected chi connectivity index (χ4v) is 4.99. The van der Waals surface area contributed by atoms with Gasteiger partial charge in [0.15, 0.2) is 0 Å². The molecule has 0 atom stereocenters. The lowest BCUT2D eigenvalue weighted by Gasteiger charge is -2.08. The summed E-state index contributed by atoms with van der Waals surface area (Å²) in [4.78, 5) is 5.73. The molecule has 3 aromatic rings. The molecule has 0 saturated carbocycles. The maximum atomic E-state index is 13.3. The number of rotatable bonds is 4. The fourth-order valence-electron chi connectivity index (χ4n) is 2.50. The summed E-state index contributed by atoms with van der Waals surface area (Å²) in [5, 5.41) is 0.612. The number of aromatic nitrogens is 2. The van der Waals surface area contributed by atoms with Crippen molar-refractivity contribution in [1.82, 2.24) is 9.55 Å². The third-order valence-corrected chi connectivity index (χ3v) is 7.08.